The van der Waals surface area contributed by atoms with Crippen LogP contribution in [0.5, 0.6) is 0 Å². The molecule has 0 atom stereocenters. The van der Waals surface area contributed by atoms with E-state index in [0.717, 1.165) is 24.3 Å². The molecule has 0 spiro atoms. The number of rotatable bonds is 5. The molecule has 4 heteroatoms. The van der Waals surface area contributed by atoms with E-state index in [1.807, 2.05) is 0 Å². The van der Waals surface area contributed by atoms with Gasteiger partial charge >= 0.3 is 0 Å². The van der Waals surface area contributed by atoms with E-state index < -0.39 is 0 Å². The van der Waals surface area contributed by atoms with Gasteiger partial charge in [0.05, 0.1) is 0 Å². The van der Waals surface area contributed by atoms with Gasteiger partial charge in [0.15, 0.2) is 0 Å². The minimum absolute atomic E-state index is 0.286. The highest BCUT2D eigenvalue weighted by Crippen LogP contribution is 2.28. The summed E-state index contributed by atoms with van der Waals surface area (Å²) < 4.78 is 0. The lowest BCUT2D eigenvalue weighted by atomic mass is 10.1. The van der Waals surface area contributed by atoms with Gasteiger partial charge in [-0.2, -0.15) is 0 Å². The van der Waals surface area contributed by atoms with Gasteiger partial charge in [-0.1, -0.05) is 56.6 Å². The van der Waals surface area contributed by atoms with Crippen LogP contribution in [-0.2, 0) is 13.0 Å². The zero-order valence-corrected chi connectivity index (χ0v) is 12.9. The minimum Gasteiger partial charge on any atom is -0.366 e. The molecular weight excluding hydrogens is 270 g/mol. The third kappa shape index (κ3) is 3.48. The number of anilines is 1. The average Bonchev–Trinajstić information content (AvgIpc) is 2.45. The van der Waals surface area contributed by atoms with Crippen molar-refractivity contribution in [1.82, 2.24) is 9.97 Å². The highest BCUT2D eigenvalue weighted by atomic mass is 35.5. The Bertz CT molecular complexity index is 564. The minimum atomic E-state index is 0.286. The van der Waals surface area contributed by atoms with E-state index in [0.29, 0.717) is 5.15 Å². The van der Waals surface area contributed by atoms with Gasteiger partial charge in [-0.3, -0.25) is 0 Å². The van der Waals surface area contributed by atoms with Crippen LogP contribution in [-0.4, -0.2) is 9.97 Å². The zero-order chi connectivity index (χ0) is 14.5. The highest BCUT2D eigenvalue weighted by Gasteiger charge is 2.13. The van der Waals surface area contributed by atoms with Crippen molar-refractivity contribution in [3.05, 3.63) is 52.4 Å². The molecule has 0 bridgehead atoms. The van der Waals surface area contributed by atoms with Gasteiger partial charge in [0.1, 0.15) is 17.3 Å². The molecule has 106 valence electrons. The van der Waals surface area contributed by atoms with Crippen LogP contribution in [0.15, 0.2) is 30.6 Å². The number of hydrogen-bond donors (Lipinski definition) is 1. The molecule has 0 aliphatic rings. The normalized spacial score (nSPS) is 10.8. The third-order valence-electron chi connectivity index (χ3n) is 3.30. The molecule has 3 nitrogen and oxygen atoms in total. The second-order valence-electron chi connectivity index (χ2n) is 5.11. The third-order valence-corrected chi connectivity index (χ3v) is 3.61. The first kappa shape index (κ1) is 14.8. The Hall–Kier alpha value is -1.61. The molecule has 0 saturated heterocycles. The largest absolute Gasteiger partial charge is 0.366 e. The molecule has 0 radical (unpaired) electrons. The summed E-state index contributed by atoms with van der Waals surface area (Å²) in [5.41, 5.74) is 3.55. The number of halogens is 1. The first-order valence-electron chi connectivity index (χ1n) is 6.94. The molecule has 0 aliphatic carbocycles. The van der Waals surface area contributed by atoms with Crippen molar-refractivity contribution in [1.29, 1.82) is 0 Å². The van der Waals surface area contributed by atoms with E-state index in [4.69, 9.17) is 11.6 Å². The van der Waals surface area contributed by atoms with Crippen molar-refractivity contribution < 1.29 is 0 Å². The Morgan fingerprint density at radius 3 is 2.35 bits per heavy atom. The fourth-order valence-corrected chi connectivity index (χ4v) is 2.46. The van der Waals surface area contributed by atoms with E-state index in [1.54, 1.807) is 0 Å². The molecule has 1 aromatic heterocycles. The zero-order valence-electron chi connectivity index (χ0n) is 12.2. The van der Waals surface area contributed by atoms with Crippen LogP contribution in [0.3, 0.4) is 0 Å². The Labute approximate surface area is 125 Å². The summed E-state index contributed by atoms with van der Waals surface area (Å²) in [5, 5.41) is 3.88. The van der Waals surface area contributed by atoms with Crippen LogP contribution in [0.2, 0.25) is 5.15 Å². The molecule has 2 aromatic rings. The topological polar surface area (TPSA) is 37.8 Å². The fourth-order valence-electron chi connectivity index (χ4n) is 2.11. The Kier molecular flexibility index (Phi) is 4.96. The van der Waals surface area contributed by atoms with Gasteiger partial charge in [0.25, 0.3) is 0 Å². The second kappa shape index (κ2) is 6.71. The predicted octanol–water partition coefficient (Wildman–Crippen LogP) is 4.43. The van der Waals surface area contributed by atoms with Crippen molar-refractivity contribution >= 4 is 17.4 Å². The highest BCUT2D eigenvalue weighted by molar-refractivity contribution is 6.30. The summed E-state index contributed by atoms with van der Waals surface area (Å²) in [4.78, 5) is 8.36. The summed E-state index contributed by atoms with van der Waals surface area (Å²) in [6, 6.07) is 8.61. The van der Waals surface area contributed by atoms with Crippen LogP contribution in [0, 0.1) is 0 Å². The standard InChI is InChI=1S/C16H20ClN3/c1-4-12-5-7-13(8-6-12)9-18-16-14(11(2)3)15(17)19-10-20-16/h5-8,10-11H,4,9H2,1-3H3,(H,18,19,20). The molecule has 2 rings (SSSR count). The van der Waals surface area contributed by atoms with Crippen LogP contribution < -0.4 is 5.32 Å². The summed E-state index contributed by atoms with van der Waals surface area (Å²) in [6.07, 6.45) is 2.56. The lowest BCUT2D eigenvalue weighted by Crippen LogP contribution is -2.07. The molecule has 1 heterocycles. The van der Waals surface area contributed by atoms with Crippen LogP contribution >= 0.6 is 11.6 Å². The van der Waals surface area contributed by atoms with Crippen molar-refractivity contribution in [2.45, 2.75) is 39.7 Å². The van der Waals surface area contributed by atoms with Crippen molar-refractivity contribution in [2.75, 3.05) is 5.32 Å². The number of nitrogens with zero attached hydrogens (tertiary/aromatic N) is 2. The van der Waals surface area contributed by atoms with E-state index in [-0.39, 0.29) is 5.92 Å². The smallest absolute Gasteiger partial charge is 0.138 e. The molecule has 0 aliphatic heterocycles. The maximum Gasteiger partial charge on any atom is 0.138 e. The van der Waals surface area contributed by atoms with Gasteiger partial charge in [-0.05, 0) is 23.5 Å². The summed E-state index contributed by atoms with van der Waals surface area (Å²) in [7, 11) is 0. The van der Waals surface area contributed by atoms with E-state index >= 15 is 0 Å². The van der Waals surface area contributed by atoms with Gasteiger partial charge < -0.3 is 5.32 Å². The number of aromatic nitrogens is 2. The number of nitrogens with one attached hydrogen (secondary N) is 1. The van der Waals surface area contributed by atoms with E-state index in [1.165, 1.54) is 17.5 Å². The van der Waals surface area contributed by atoms with E-state index in [9.17, 15) is 0 Å². The Morgan fingerprint density at radius 2 is 1.75 bits per heavy atom. The molecule has 0 fully saturated rings. The molecular formula is C16H20ClN3. The predicted molar refractivity (Wildman–Crippen MR) is 84.3 cm³/mol. The lowest BCUT2D eigenvalue weighted by Gasteiger charge is -2.14. The number of aryl methyl sites for hydroxylation is 1. The van der Waals surface area contributed by atoms with Gasteiger partial charge in [-0.25, -0.2) is 9.97 Å². The van der Waals surface area contributed by atoms with Crippen molar-refractivity contribution in [3.8, 4) is 0 Å². The maximum atomic E-state index is 6.15. The first-order chi connectivity index (χ1) is 9.61. The Balaban J connectivity index is 2.12. The SMILES string of the molecule is CCc1ccc(CNc2ncnc(Cl)c2C(C)C)cc1. The second-order valence-corrected chi connectivity index (χ2v) is 5.46. The van der Waals surface area contributed by atoms with E-state index in [2.05, 4.69) is 60.3 Å². The molecule has 0 saturated carbocycles. The summed E-state index contributed by atoms with van der Waals surface area (Å²) in [5.74, 6) is 1.10. The first-order valence-corrected chi connectivity index (χ1v) is 7.31. The maximum absolute atomic E-state index is 6.15. The van der Waals surface area contributed by atoms with Gasteiger partial charge in [0.2, 0.25) is 0 Å². The number of hydrogen-bond acceptors (Lipinski definition) is 3. The Morgan fingerprint density at radius 1 is 1.10 bits per heavy atom. The van der Waals surface area contributed by atoms with Crippen LogP contribution in [0.1, 0.15) is 43.4 Å². The molecule has 0 amide bonds. The van der Waals surface area contributed by atoms with Crippen molar-refractivity contribution in [3.63, 3.8) is 0 Å². The van der Waals surface area contributed by atoms with Crippen LogP contribution in [0.4, 0.5) is 5.82 Å². The fraction of sp³-hybridized carbons (Fsp3) is 0.375. The summed E-state index contributed by atoms with van der Waals surface area (Å²) >= 11 is 6.15. The molecule has 1 N–H and O–H groups in total. The molecule has 0 unspecified atom stereocenters. The number of benzene rings is 1. The van der Waals surface area contributed by atoms with Crippen LogP contribution in [0.25, 0.3) is 0 Å². The van der Waals surface area contributed by atoms with Crippen molar-refractivity contribution in [2.24, 2.45) is 0 Å². The van der Waals surface area contributed by atoms with Gasteiger partial charge in [-0.15, -0.1) is 0 Å². The molecule has 20 heavy (non-hydrogen) atoms. The quantitative estimate of drug-likeness (QED) is 0.828. The molecule has 1 aromatic carbocycles. The monoisotopic (exact) mass is 289 g/mol. The summed E-state index contributed by atoms with van der Waals surface area (Å²) in [6.45, 7) is 7.07. The van der Waals surface area contributed by atoms with Gasteiger partial charge in [0, 0.05) is 12.1 Å². The average molecular weight is 290 g/mol. The lowest BCUT2D eigenvalue weighted by molar-refractivity contribution is 0.844.